The lowest BCUT2D eigenvalue weighted by Crippen LogP contribution is -2.17. The van der Waals surface area contributed by atoms with Crippen molar-refractivity contribution < 1.29 is 8.78 Å². The summed E-state index contributed by atoms with van der Waals surface area (Å²) in [6, 6.07) is 0.770. The van der Waals surface area contributed by atoms with E-state index >= 15 is 0 Å². The zero-order valence-corrected chi connectivity index (χ0v) is 9.99. The Bertz CT molecular complexity index is 396. The Morgan fingerprint density at radius 2 is 2.18 bits per heavy atom. The first kappa shape index (κ1) is 12.4. The largest absolute Gasteiger partial charge is 0.366 e. The van der Waals surface area contributed by atoms with Crippen LogP contribution < -0.4 is 16.6 Å². The highest BCUT2D eigenvalue weighted by Crippen LogP contribution is 2.26. The maximum atomic E-state index is 13.4. The van der Waals surface area contributed by atoms with Gasteiger partial charge in [0, 0.05) is 17.9 Å². The summed E-state index contributed by atoms with van der Waals surface area (Å²) in [6.45, 7) is 0.629. The Morgan fingerprint density at radius 3 is 2.82 bits per heavy atom. The number of rotatable bonds is 4. The summed E-state index contributed by atoms with van der Waals surface area (Å²) in [4.78, 5) is 3.74. The lowest BCUT2D eigenvalue weighted by Gasteiger charge is -2.12. The van der Waals surface area contributed by atoms with Crippen LogP contribution in [-0.2, 0) is 0 Å². The van der Waals surface area contributed by atoms with Gasteiger partial charge in [-0.25, -0.2) is 19.6 Å². The van der Waals surface area contributed by atoms with E-state index in [1.807, 2.05) is 11.8 Å². The number of aromatic nitrogens is 1. The normalized spacial score (nSPS) is 19.4. The summed E-state index contributed by atoms with van der Waals surface area (Å²) >= 11 is 1.85. The van der Waals surface area contributed by atoms with Gasteiger partial charge < -0.3 is 10.7 Å². The third-order valence-corrected chi connectivity index (χ3v) is 3.99. The predicted molar refractivity (Wildman–Crippen MR) is 65.9 cm³/mol. The molecule has 1 aliphatic rings. The van der Waals surface area contributed by atoms with Crippen molar-refractivity contribution in [3.63, 3.8) is 0 Å². The molecule has 0 radical (unpaired) electrons. The number of nitrogens with two attached hydrogens (primary N) is 1. The molecule has 1 aromatic heterocycles. The van der Waals surface area contributed by atoms with Crippen molar-refractivity contribution >= 4 is 23.4 Å². The van der Waals surface area contributed by atoms with E-state index < -0.39 is 11.6 Å². The van der Waals surface area contributed by atoms with E-state index in [1.54, 1.807) is 0 Å². The molecular formula is C10H14F2N4S. The zero-order chi connectivity index (χ0) is 12.3. The van der Waals surface area contributed by atoms with Crippen LogP contribution in [0.15, 0.2) is 6.07 Å². The van der Waals surface area contributed by atoms with Gasteiger partial charge in [0.1, 0.15) is 0 Å². The van der Waals surface area contributed by atoms with Crippen LogP contribution in [0.4, 0.5) is 20.4 Å². The molecule has 4 nitrogen and oxygen atoms in total. The summed E-state index contributed by atoms with van der Waals surface area (Å²) in [5.74, 6) is 4.59. The predicted octanol–water partition coefficient (Wildman–Crippen LogP) is 1.95. The summed E-state index contributed by atoms with van der Waals surface area (Å²) in [5.41, 5.74) is 2.09. The number of hydrogen-bond acceptors (Lipinski definition) is 5. The highest BCUT2D eigenvalue weighted by Gasteiger charge is 2.17. The minimum atomic E-state index is -0.800. The molecule has 0 amide bonds. The molecular weight excluding hydrogens is 246 g/mol. The topological polar surface area (TPSA) is 63.0 Å². The molecule has 1 atom stereocenters. The SMILES string of the molecule is NNc1nc(NCC2CCCS2)c(F)cc1F. The van der Waals surface area contributed by atoms with Crippen molar-refractivity contribution in [2.75, 3.05) is 23.0 Å². The number of nitrogens with zero attached hydrogens (tertiary/aromatic N) is 1. The van der Waals surface area contributed by atoms with Crippen molar-refractivity contribution in [2.24, 2.45) is 5.84 Å². The molecule has 1 aliphatic heterocycles. The second-order valence-corrected chi connectivity index (χ2v) is 5.22. The van der Waals surface area contributed by atoms with Crippen LogP contribution >= 0.6 is 11.8 Å². The number of thioether (sulfide) groups is 1. The first-order valence-corrected chi connectivity index (χ1v) is 6.43. The molecule has 2 rings (SSSR count). The smallest absolute Gasteiger partial charge is 0.178 e. The molecule has 2 heterocycles. The molecule has 1 fully saturated rings. The molecule has 4 N–H and O–H groups in total. The second-order valence-electron chi connectivity index (χ2n) is 3.81. The average Bonchev–Trinajstić information content (AvgIpc) is 2.81. The van der Waals surface area contributed by atoms with Crippen LogP contribution in [0, 0.1) is 11.6 Å². The van der Waals surface area contributed by atoms with Gasteiger partial charge in [0.05, 0.1) is 0 Å². The summed E-state index contributed by atoms with van der Waals surface area (Å²) < 4.78 is 26.5. The highest BCUT2D eigenvalue weighted by atomic mass is 32.2. The maximum Gasteiger partial charge on any atom is 0.178 e. The highest BCUT2D eigenvalue weighted by molar-refractivity contribution is 8.00. The third kappa shape index (κ3) is 2.98. The van der Waals surface area contributed by atoms with Gasteiger partial charge >= 0.3 is 0 Å². The second kappa shape index (κ2) is 5.50. The van der Waals surface area contributed by atoms with E-state index in [0.717, 1.165) is 18.2 Å². The van der Waals surface area contributed by atoms with Gasteiger partial charge in [0.25, 0.3) is 0 Å². The number of nitrogens with one attached hydrogen (secondary N) is 2. The fraction of sp³-hybridized carbons (Fsp3) is 0.500. The lowest BCUT2D eigenvalue weighted by molar-refractivity contribution is 0.578. The van der Waals surface area contributed by atoms with Crippen LogP contribution in [0.3, 0.4) is 0 Å². The number of anilines is 2. The average molecular weight is 260 g/mol. The van der Waals surface area contributed by atoms with E-state index in [4.69, 9.17) is 5.84 Å². The molecule has 1 saturated heterocycles. The first-order valence-electron chi connectivity index (χ1n) is 5.39. The van der Waals surface area contributed by atoms with Crippen LogP contribution in [-0.4, -0.2) is 22.5 Å². The minimum Gasteiger partial charge on any atom is -0.366 e. The summed E-state index contributed by atoms with van der Waals surface area (Å²) in [5, 5.41) is 3.36. The van der Waals surface area contributed by atoms with Crippen LogP contribution in [0.1, 0.15) is 12.8 Å². The minimum absolute atomic E-state index is 0.0341. The number of hydrazine groups is 1. The lowest BCUT2D eigenvalue weighted by atomic mass is 10.2. The van der Waals surface area contributed by atoms with Gasteiger partial charge in [-0.2, -0.15) is 11.8 Å². The van der Waals surface area contributed by atoms with Gasteiger partial charge in [0.2, 0.25) is 0 Å². The molecule has 17 heavy (non-hydrogen) atoms. The van der Waals surface area contributed by atoms with Crippen molar-refractivity contribution in [1.29, 1.82) is 0 Å². The van der Waals surface area contributed by atoms with Gasteiger partial charge in [-0.1, -0.05) is 0 Å². The van der Waals surface area contributed by atoms with E-state index in [9.17, 15) is 8.78 Å². The van der Waals surface area contributed by atoms with Crippen molar-refractivity contribution in [2.45, 2.75) is 18.1 Å². The molecule has 7 heteroatoms. The Hall–Kier alpha value is -1.08. The molecule has 1 unspecified atom stereocenters. The van der Waals surface area contributed by atoms with Gasteiger partial charge in [-0.15, -0.1) is 0 Å². The number of halogens is 2. The Morgan fingerprint density at radius 1 is 1.41 bits per heavy atom. The molecule has 0 bridgehead atoms. The molecule has 1 aromatic rings. The van der Waals surface area contributed by atoms with Crippen molar-refractivity contribution in [1.82, 2.24) is 4.98 Å². The number of nitrogen functional groups attached to an aromatic ring is 1. The van der Waals surface area contributed by atoms with Crippen LogP contribution in [0.25, 0.3) is 0 Å². The summed E-state index contributed by atoms with van der Waals surface area (Å²) in [7, 11) is 0. The molecule has 0 aromatic carbocycles. The van der Waals surface area contributed by atoms with E-state index in [0.29, 0.717) is 11.8 Å². The van der Waals surface area contributed by atoms with Crippen LogP contribution in [0.2, 0.25) is 0 Å². The standard InChI is InChI=1S/C10H14F2N4S/c11-7-4-8(12)10(16-13)15-9(7)14-5-6-2-1-3-17-6/h4,6H,1-3,5,13H2,(H2,14,15,16). The molecule has 0 aliphatic carbocycles. The first-order chi connectivity index (χ1) is 8.20. The Balaban J connectivity index is 2.03. The molecule has 0 saturated carbocycles. The molecule has 94 valence electrons. The van der Waals surface area contributed by atoms with E-state index in [1.165, 1.54) is 6.42 Å². The third-order valence-electron chi connectivity index (χ3n) is 2.59. The van der Waals surface area contributed by atoms with Gasteiger partial charge in [-0.3, -0.25) is 0 Å². The monoisotopic (exact) mass is 260 g/mol. The summed E-state index contributed by atoms with van der Waals surface area (Å²) in [6.07, 6.45) is 2.30. The maximum absolute atomic E-state index is 13.4. The van der Waals surface area contributed by atoms with Crippen LogP contribution in [0.5, 0.6) is 0 Å². The van der Waals surface area contributed by atoms with Crippen molar-refractivity contribution in [3.05, 3.63) is 17.7 Å². The zero-order valence-electron chi connectivity index (χ0n) is 9.17. The van der Waals surface area contributed by atoms with E-state index in [-0.39, 0.29) is 11.6 Å². The van der Waals surface area contributed by atoms with E-state index in [2.05, 4.69) is 15.7 Å². The number of hydrogen-bond donors (Lipinski definition) is 3. The fourth-order valence-electron chi connectivity index (χ4n) is 1.71. The number of pyridine rings is 1. The van der Waals surface area contributed by atoms with Gasteiger partial charge in [-0.05, 0) is 18.6 Å². The van der Waals surface area contributed by atoms with Crippen molar-refractivity contribution in [3.8, 4) is 0 Å². The molecule has 0 spiro atoms. The Labute approximate surface area is 102 Å². The van der Waals surface area contributed by atoms with Gasteiger partial charge in [0.15, 0.2) is 23.3 Å². The fourth-order valence-corrected chi connectivity index (χ4v) is 2.91. The Kier molecular flexibility index (Phi) is 4.01. The quantitative estimate of drug-likeness (QED) is 0.570.